The molecule has 1 aromatic carbocycles. The molecule has 2 nitrogen and oxygen atoms in total. The second-order valence-electron chi connectivity index (χ2n) is 5.69. The van der Waals surface area contributed by atoms with E-state index < -0.39 is 0 Å². The molecule has 17 heavy (non-hydrogen) atoms. The Kier molecular flexibility index (Phi) is 3.13. The van der Waals surface area contributed by atoms with Crippen LogP contribution < -0.4 is 4.90 Å². The van der Waals surface area contributed by atoms with E-state index in [0.717, 1.165) is 17.1 Å². The van der Waals surface area contributed by atoms with Gasteiger partial charge in [-0.25, -0.2) is 0 Å². The highest BCUT2D eigenvalue weighted by atomic mass is 35.5. The summed E-state index contributed by atoms with van der Waals surface area (Å²) in [5, 5.41) is 10.6. The molecule has 0 aromatic heterocycles. The van der Waals surface area contributed by atoms with Crippen molar-refractivity contribution < 1.29 is 5.11 Å². The van der Waals surface area contributed by atoms with Crippen molar-refractivity contribution in [1.29, 1.82) is 0 Å². The smallest absolute Gasteiger partial charge is 0.0737 e. The van der Waals surface area contributed by atoms with E-state index in [-0.39, 0.29) is 11.6 Å². The van der Waals surface area contributed by atoms with Gasteiger partial charge in [0, 0.05) is 12.1 Å². The van der Waals surface area contributed by atoms with Crippen LogP contribution in [-0.2, 0) is 0 Å². The van der Waals surface area contributed by atoms with E-state index in [2.05, 4.69) is 31.7 Å². The minimum atomic E-state index is -0.262. The average molecular weight is 254 g/mol. The maximum Gasteiger partial charge on any atom is 0.0737 e. The van der Waals surface area contributed by atoms with Gasteiger partial charge in [0.25, 0.3) is 0 Å². The molecule has 1 atom stereocenters. The molecule has 1 aromatic rings. The molecule has 0 amide bonds. The topological polar surface area (TPSA) is 23.5 Å². The van der Waals surface area contributed by atoms with Crippen molar-refractivity contribution in [2.24, 2.45) is 0 Å². The summed E-state index contributed by atoms with van der Waals surface area (Å²) in [6.45, 7) is 9.09. The third-order valence-corrected chi connectivity index (χ3v) is 3.82. The summed E-state index contributed by atoms with van der Waals surface area (Å²) in [4.78, 5) is 2.23. The van der Waals surface area contributed by atoms with E-state index in [1.54, 1.807) is 0 Å². The summed E-state index contributed by atoms with van der Waals surface area (Å²) >= 11 is 6.37. The van der Waals surface area contributed by atoms with Crippen molar-refractivity contribution in [2.75, 3.05) is 11.4 Å². The lowest BCUT2D eigenvalue weighted by molar-refractivity contribution is 0.188. The van der Waals surface area contributed by atoms with Crippen molar-refractivity contribution >= 4 is 17.3 Å². The molecule has 2 rings (SSSR count). The summed E-state index contributed by atoms with van der Waals surface area (Å²) in [5.74, 6) is 0. The summed E-state index contributed by atoms with van der Waals surface area (Å²) < 4.78 is 0. The van der Waals surface area contributed by atoms with Crippen molar-refractivity contribution in [3.8, 4) is 0 Å². The van der Waals surface area contributed by atoms with Crippen molar-refractivity contribution in [1.82, 2.24) is 0 Å². The van der Waals surface area contributed by atoms with E-state index >= 15 is 0 Å². The maximum atomic E-state index is 9.85. The number of benzene rings is 1. The van der Waals surface area contributed by atoms with Gasteiger partial charge in [-0.1, -0.05) is 17.7 Å². The number of hydrogen-bond acceptors (Lipinski definition) is 2. The van der Waals surface area contributed by atoms with Crippen molar-refractivity contribution in [3.63, 3.8) is 0 Å². The molecule has 0 aliphatic carbocycles. The lowest BCUT2D eigenvalue weighted by Crippen LogP contribution is -2.38. The molecule has 1 saturated heterocycles. The molecule has 0 bridgehead atoms. The van der Waals surface area contributed by atoms with Gasteiger partial charge in [0.2, 0.25) is 0 Å². The van der Waals surface area contributed by atoms with Crippen LogP contribution in [0.15, 0.2) is 12.1 Å². The van der Waals surface area contributed by atoms with Crippen LogP contribution in [0.5, 0.6) is 0 Å². The van der Waals surface area contributed by atoms with Gasteiger partial charge in [0.15, 0.2) is 0 Å². The number of aryl methyl sites for hydroxylation is 2. The van der Waals surface area contributed by atoms with Crippen molar-refractivity contribution in [3.05, 3.63) is 28.3 Å². The lowest BCUT2D eigenvalue weighted by atomic mass is 9.99. The summed E-state index contributed by atoms with van der Waals surface area (Å²) in [6, 6.07) is 4.13. The zero-order chi connectivity index (χ0) is 12.8. The van der Waals surface area contributed by atoms with Gasteiger partial charge in [0.1, 0.15) is 0 Å². The molecule has 1 aliphatic rings. The van der Waals surface area contributed by atoms with E-state index in [9.17, 15) is 5.11 Å². The molecule has 1 fully saturated rings. The number of rotatable bonds is 1. The molecule has 1 aliphatic heterocycles. The first kappa shape index (κ1) is 12.7. The maximum absolute atomic E-state index is 9.85. The predicted octanol–water partition coefficient (Wildman–Crippen LogP) is 3.31. The Morgan fingerprint density at radius 1 is 1.35 bits per heavy atom. The van der Waals surface area contributed by atoms with Gasteiger partial charge in [-0.15, -0.1) is 0 Å². The van der Waals surface area contributed by atoms with E-state index in [1.165, 1.54) is 11.1 Å². The fourth-order valence-electron chi connectivity index (χ4n) is 2.85. The summed E-state index contributed by atoms with van der Waals surface area (Å²) in [7, 11) is 0. The third kappa shape index (κ3) is 2.29. The standard InChI is InChI=1S/C14H20ClNO/c1-9-5-10(2)13(12(15)6-9)16-8-11(17)7-14(16,3)4/h5-6,11,17H,7-8H2,1-4H3. The molecular weight excluding hydrogens is 234 g/mol. The number of aliphatic hydroxyl groups is 1. The van der Waals surface area contributed by atoms with Crippen LogP contribution in [-0.4, -0.2) is 23.3 Å². The number of nitrogens with zero attached hydrogens (tertiary/aromatic N) is 1. The fraction of sp³-hybridized carbons (Fsp3) is 0.571. The van der Waals surface area contributed by atoms with Gasteiger partial charge < -0.3 is 10.0 Å². The number of hydrogen-bond donors (Lipinski definition) is 1. The normalized spacial score (nSPS) is 23.2. The highest BCUT2D eigenvalue weighted by Gasteiger charge is 2.38. The minimum Gasteiger partial charge on any atom is -0.391 e. The molecular formula is C14H20ClNO. The van der Waals surface area contributed by atoms with Crippen LogP contribution in [0.25, 0.3) is 0 Å². The Labute approximate surface area is 108 Å². The van der Waals surface area contributed by atoms with Crippen LogP contribution in [0.3, 0.4) is 0 Å². The largest absolute Gasteiger partial charge is 0.391 e. The quantitative estimate of drug-likeness (QED) is 0.830. The first-order chi connectivity index (χ1) is 7.81. The van der Waals surface area contributed by atoms with Gasteiger partial charge in [-0.2, -0.15) is 0 Å². The van der Waals surface area contributed by atoms with Crippen LogP contribution in [0.1, 0.15) is 31.4 Å². The van der Waals surface area contributed by atoms with Crippen LogP contribution in [0.2, 0.25) is 5.02 Å². The number of halogens is 1. The summed E-state index contributed by atoms with van der Waals surface area (Å²) in [5.41, 5.74) is 3.38. The zero-order valence-corrected chi connectivity index (χ0v) is 11.7. The monoisotopic (exact) mass is 253 g/mol. The second kappa shape index (κ2) is 4.18. The van der Waals surface area contributed by atoms with Crippen LogP contribution in [0, 0.1) is 13.8 Å². The Morgan fingerprint density at radius 3 is 2.47 bits per heavy atom. The molecule has 1 unspecified atom stereocenters. The Balaban J connectivity index is 2.48. The van der Waals surface area contributed by atoms with Crippen molar-refractivity contribution in [2.45, 2.75) is 45.8 Å². The molecule has 94 valence electrons. The molecule has 0 radical (unpaired) electrons. The lowest BCUT2D eigenvalue weighted by Gasteiger charge is -2.35. The summed E-state index contributed by atoms with van der Waals surface area (Å²) in [6.07, 6.45) is 0.526. The first-order valence-corrected chi connectivity index (χ1v) is 6.41. The van der Waals surface area contributed by atoms with E-state index in [0.29, 0.717) is 6.54 Å². The predicted molar refractivity (Wildman–Crippen MR) is 73.0 cm³/mol. The molecule has 0 saturated carbocycles. The van der Waals surface area contributed by atoms with Crippen LogP contribution >= 0.6 is 11.6 Å². The van der Waals surface area contributed by atoms with Gasteiger partial charge in [-0.05, 0) is 51.3 Å². The fourth-order valence-corrected chi connectivity index (χ4v) is 3.28. The van der Waals surface area contributed by atoms with E-state index in [4.69, 9.17) is 11.6 Å². The van der Waals surface area contributed by atoms with Gasteiger partial charge >= 0.3 is 0 Å². The first-order valence-electron chi connectivity index (χ1n) is 6.04. The SMILES string of the molecule is Cc1cc(C)c(N2CC(O)CC2(C)C)c(Cl)c1. The Morgan fingerprint density at radius 2 is 2.00 bits per heavy atom. The number of aliphatic hydroxyl groups excluding tert-OH is 1. The molecule has 0 spiro atoms. The Hall–Kier alpha value is -0.730. The number of β-amino-alcohol motifs (C(OH)–C–C–N with tert-alkyl or cyclic N) is 1. The Bertz CT molecular complexity index is 419. The zero-order valence-electron chi connectivity index (χ0n) is 10.9. The van der Waals surface area contributed by atoms with E-state index in [1.807, 2.05) is 13.0 Å². The second-order valence-corrected chi connectivity index (χ2v) is 6.10. The molecule has 1 heterocycles. The third-order valence-electron chi connectivity index (χ3n) is 3.53. The van der Waals surface area contributed by atoms with Gasteiger partial charge in [-0.3, -0.25) is 0 Å². The average Bonchev–Trinajstić information content (AvgIpc) is 2.37. The number of anilines is 1. The minimum absolute atomic E-state index is 0.0386. The molecule has 1 N–H and O–H groups in total. The highest BCUT2D eigenvalue weighted by Crippen LogP contribution is 2.40. The van der Waals surface area contributed by atoms with Crippen LogP contribution in [0.4, 0.5) is 5.69 Å². The molecule has 3 heteroatoms. The highest BCUT2D eigenvalue weighted by molar-refractivity contribution is 6.33. The van der Waals surface area contributed by atoms with Gasteiger partial charge in [0.05, 0.1) is 16.8 Å².